The number of carboxylic acids is 1. The quantitative estimate of drug-likeness (QED) is 0.319. The van der Waals surface area contributed by atoms with Gasteiger partial charge in [-0.25, -0.2) is 4.79 Å². The number of carbonyl (C=O) groups is 2. The predicted octanol–water partition coefficient (Wildman–Crippen LogP) is 4.09. The number of aryl methyl sites for hydroxylation is 2. The lowest BCUT2D eigenvalue weighted by Crippen LogP contribution is -2.40. The molecule has 0 fully saturated rings. The van der Waals surface area contributed by atoms with Gasteiger partial charge >= 0.3 is 5.97 Å². The summed E-state index contributed by atoms with van der Waals surface area (Å²) in [5.41, 5.74) is 1.56. The van der Waals surface area contributed by atoms with Crippen LogP contribution in [0.15, 0.2) is 48.5 Å². The second-order valence-corrected chi connectivity index (χ2v) is 8.84. The zero-order valence-corrected chi connectivity index (χ0v) is 22.1. The fourth-order valence-corrected chi connectivity index (χ4v) is 4.44. The summed E-state index contributed by atoms with van der Waals surface area (Å²) in [5, 5.41) is 40.5. The Balaban J connectivity index is 0.000000252. The van der Waals surface area contributed by atoms with Gasteiger partial charge in [0, 0.05) is 30.0 Å². The maximum absolute atomic E-state index is 13.1. The molecule has 1 amide bonds. The third kappa shape index (κ3) is 5.83. The van der Waals surface area contributed by atoms with Gasteiger partial charge in [-0.1, -0.05) is 18.2 Å². The first-order valence-electron chi connectivity index (χ1n) is 11.9. The Morgan fingerprint density at radius 2 is 1.43 bits per heavy atom. The monoisotopic (exact) mass is 553 g/mol. The first kappa shape index (κ1) is 29.5. The molecule has 0 spiro atoms. The standard InChI is InChI=1S/C18H18N2O5.C9H9NO5/c1-11-7-16(20(23)24)14(9-17(11)25-2)18(22)19-13(10-21)8-12-5-3-4-6-15(12)19;1-5-3-7(10(13)14)6(9(11)12)4-8(5)15-2/h3-7,9,13,21H,8,10H2,1-2H3;3-4H,1-2H3,(H,11,12)/t13-;/m0./s1. The number of ether oxygens (including phenoxy) is 2. The summed E-state index contributed by atoms with van der Waals surface area (Å²) < 4.78 is 10.1. The molecule has 1 aliphatic rings. The number of hydrogen-bond acceptors (Lipinski definition) is 9. The highest BCUT2D eigenvalue weighted by atomic mass is 16.6. The topological polar surface area (TPSA) is 183 Å². The van der Waals surface area contributed by atoms with Crippen LogP contribution in [0.25, 0.3) is 0 Å². The van der Waals surface area contributed by atoms with E-state index in [2.05, 4.69) is 0 Å². The molecule has 4 rings (SSSR count). The molecule has 0 aromatic heterocycles. The van der Waals surface area contributed by atoms with Crippen molar-refractivity contribution in [2.24, 2.45) is 0 Å². The Labute approximate surface area is 228 Å². The van der Waals surface area contributed by atoms with Crippen LogP contribution < -0.4 is 14.4 Å². The second-order valence-electron chi connectivity index (χ2n) is 8.84. The number of nitrogens with zero attached hydrogens (tertiary/aromatic N) is 3. The molecule has 40 heavy (non-hydrogen) atoms. The minimum absolute atomic E-state index is 0.0531. The van der Waals surface area contributed by atoms with Gasteiger partial charge in [0.25, 0.3) is 17.3 Å². The van der Waals surface area contributed by atoms with E-state index in [1.54, 1.807) is 26.0 Å². The van der Waals surface area contributed by atoms with Crippen molar-refractivity contribution in [1.29, 1.82) is 0 Å². The molecule has 2 N–H and O–H groups in total. The molecular formula is C27H27N3O10. The summed E-state index contributed by atoms with van der Waals surface area (Å²) in [6.45, 7) is 3.07. The molecule has 1 heterocycles. The van der Waals surface area contributed by atoms with E-state index in [0.29, 0.717) is 34.7 Å². The van der Waals surface area contributed by atoms with E-state index in [-0.39, 0.29) is 23.4 Å². The van der Waals surface area contributed by atoms with Crippen LogP contribution in [-0.2, 0) is 6.42 Å². The van der Waals surface area contributed by atoms with Crippen LogP contribution in [-0.4, -0.2) is 58.8 Å². The molecule has 0 bridgehead atoms. The Hall–Kier alpha value is -5.04. The van der Waals surface area contributed by atoms with E-state index in [4.69, 9.17) is 14.6 Å². The first-order valence-corrected chi connectivity index (χ1v) is 11.9. The number of methoxy groups -OCH3 is 2. The molecule has 0 radical (unpaired) electrons. The lowest BCUT2D eigenvalue weighted by molar-refractivity contribution is -0.385. The molecule has 1 aliphatic heterocycles. The van der Waals surface area contributed by atoms with Crippen molar-refractivity contribution in [1.82, 2.24) is 0 Å². The molecule has 0 saturated carbocycles. The zero-order valence-electron chi connectivity index (χ0n) is 22.1. The molecule has 13 nitrogen and oxygen atoms in total. The van der Waals surface area contributed by atoms with E-state index >= 15 is 0 Å². The van der Waals surface area contributed by atoms with Gasteiger partial charge in [0.15, 0.2) is 0 Å². The van der Waals surface area contributed by atoms with Gasteiger partial charge in [-0.15, -0.1) is 0 Å². The normalized spacial score (nSPS) is 13.5. The smallest absolute Gasteiger partial charge is 0.342 e. The van der Waals surface area contributed by atoms with Crippen LogP contribution in [0.4, 0.5) is 17.1 Å². The summed E-state index contributed by atoms with van der Waals surface area (Å²) in [6, 6.07) is 11.9. The SMILES string of the molecule is COc1cc(C(=O)N2c3ccccc3C[C@H]2CO)c([N+](=O)[O-])cc1C.COc1cc(C(=O)O)c([N+](=O)[O-])cc1C. The van der Waals surface area contributed by atoms with Crippen LogP contribution in [0.3, 0.4) is 0 Å². The summed E-state index contributed by atoms with van der Waals surface area (Å²) in [6.07, 6.45) is 0.509. The number of carboxylic acid groups (broad SMARTS) is 1. The van der Waals surface area contributed by atoms with Gasteiger partial charge in [-0.3, -0.25) is 25.0 Å². The number of aliphatic hydroxyl groups excluding tert-OH is 1. The van der Waals surface area contributed by atoms with Crippen LogP contribution >= 0.6 is 0 Å². The fourth-order valence-electron chi connectivity index (χ4n) is 4.44. The fraction of sp³-hybridized carbons (Fsp3) is 0.259. The number of anilines is 1. The van der Waals surface area contributed by atoms with Crippen molar-refractivity contribution in [3.05, 3.63) is 96.6 Å². The highest BCUT2D eigenvalue weighted by Crippen LogP contribution is 2.36. The van der Waals surface area contributed by atoms with E-state index in [0.717, 1.165) is 11.6 Å². The van der Waals surface area contributed by atoms with Gasteiger partial charge in [-0.2, -0.15) is 0 Å². The van der Waals surface area contributed by atoms with E-state index < -0.39 is 33.5 Å². The van der Waals surface area contributed by atoms with Crippen molar-refractivity contribution in [3.8, 4) is 11.5 Å². The number of nitro benzene ring substituents is 2. The molecule has 1 atom stereocenters. The van der Waals surface area contributed by atoms with Crippen molar-refractivity contribution in [2.45, 2.75) is 26.3 Å². The van der Waals surface area contributed by atoms with Gasteiger partial charge in [0.1, 0.15) is 22.6 Å². The van der Waals surface area contributed by atoms with Gasteiger partial charge in [0.05, 0.1) is 36.7 Å². The molecule has 210 valence electrons. The summed E-state index contributed by atoms with van der Waals surface area (Å²) >= 11 is 0. The third-order valence-electron chi connectivity index (χ3n) is 6.38. The lowest BCUT2D eigenvalue weighted by Gasteiger charge is -2.24. The molecular weight excluding hydrogens is 526 g/mol. The van der Waals surface area contributed by atoms with Crippen LogP contribution in [0.5, 0.6) is 11.5 Å². The summed E-state index contributed by atoms with van der Waals surface area (Å²) in [7, 11) is 2.82. The van der Waals surface area contributed by atoms with Crippen molar-refractivity contribution >= 4 is 28.9 Å². The highest BCUT2D eigenvalue weighted by Gasteiger charge is 2.36. The zero-order chi connectivity index (χ0) is 29.7. The Morgan fingerprint density at radius 3 is 1.90 bits per heavy atom. The van der Waals surface area contributed by atoms with Crippen LogP contribution in [0.1, 0.15) is 37.4 Å². The number of hydrogen-bond donors (Lipinski definition) is 2. The predicted molar refractivity (Wildman–Crippen MR) is 144 cm³/mol. The minimum Gasteiger partial charge on any atom is -0.496 e. The molecule has 3 aromatic carbocycles. The first-order chi connectivity index (χ1) is 18.9. The largest absolute Gasteiger partial charge is 0.496 e. The van der Waals surface area contributed by atoms with E-state index in [9.17, 15) is 34.9 Å². The Kier molecular flexibility index (Phi) is 9.01. The number of carbonyl (C=O) groups excluding carboxylic acids is 1. The van der Waals surface area contributed by atoms with Crippen LogP contribution in [0.2, 0.25) is 0 Å². The van der Waals surface area contributed by atoms with Gasteiger partial charge in [-0.05, 0) is 43.0 Å². The van der Waals surface area contributed by atoms with E-state index in [1.807, 2.05) is 12.1 Å². The Bertz CT molecular complexity index is 1490. The summed E-state index contributed by atoms with van der Waals surface area (Å²) in [4.78, 5) is 46.0. The number of amides is 1. The number of aromatic carboxylic acids is 1. The second kappa shape index (κ2) is 12.2. The van der Waals surface area contributed by atoms with E-state index in [1.165, 1.54) is 37.3 Å². The number of aliphatic hydroxyl groups is 1. The highest BCUT2D eigenvalue weighted by molar-refractivity contribution is 6.10. The van der Waals surface area contributed by atoms with Gasteiger partial charge < -0.3 is 24.6 Å². The summed E-state index contributed by atoms with van der Waals surface area (Å²) in [5.74, 6) is -1.14. The number of benzene rings is 3. The average Bonchev–Trinajstić information content (AvgIpc) is 3.31. The van der Waals surface area contributed by atoms with Crippen LogP contribution in [0, 0.1) is 34.1 Å². The molecule has 3 aromatic rings. The van der Waals surface area contributed by atoms with Gasteiger partial charge in [0.2, 0.25) is 0 Å². The molecule has 0 saturated heterocycles. The van der Waals surface area contributed by atoms with Crippen molar-refractivity contribution in [2.75, 3.05) is 25.7 Å². The number of rotatable bonds is 7. The third-order valence-corrected chi connectivity index (χ3v) is 6.38. The number of para-hydroxylation sites is 1. The van der Waals surface area contributed by atoms with Crippen molar-refractivity contribution < 1.29 is 39.1 Å². The Morgan fingerprint density at radius 1 is 0.925 bits per heavy atom. The maximum Gasteiger partial charge on any atom is 0.342 e. The number of nitro groups is 2. The average molecular weight is 554 g/mol. The molecule has 13 heteroatoms. The molecule has 0 aliphatic carbocycles. The minimum atomic E-state index is -1.35. The lowest BCUT2D eigenvalue weighted by atomic mass is 10.1. The maximum atomic E-state index is 13.1. The van der Waals surface area contributed by atoms with Crippen molar-refractivity contribution in [3.63, 3.8) is 0 Å². The molecule has 0 unspecified atom stereocenters. The number of fused-ring (bicyclic) bond motifs is 1.